The molecule has 6 heteroatoms. The normalized spacial score (nSPS) is 15.6. The van der Waals surface area contributed by atoms with Gasteiger partial charge < -0.3 is 9.80 Å². The van der Waals surface area contributed by atoms with E-state index >= 15 is 0 Å². The number of carbonyl (C=O) groups excluding carboxylic acids is 1. The molecule has 1 aromatic carbocycles. The predicted molar refractivity (Wildman–Crippen MR) is 95.2 cm³/mol. The number of piperazine rings is 1. The van der Waals surface area contributed by atoms with Crippen LogP contribution in [0.3, 0.4) is 0 Å². The van der Waals surface area contributed by atoms with Gasteiger partial charge in [0.15, 0.2) is 5.13 Å². The Morgan fingerprint density at radius 1 is 1.22 bits per heavy atom. The summed E-state index contributed by atoms with van der Waals surface area (Å²) in [5.74, 6) is 0.168. The zero-order chi connectivity index (χ0) is 16.1. The third-order valence-corrected chi connectivity index (χ3v) is 4.94. The number of amides is 1. The van der Waals surface area contributed by atoms with Crippen molar-refractivity contribution in [3.05, 3.63) is 41.9 Å². The summed E-state index contributed by atoms with van der Waals surface area (Å²) >= 11 is 1.67. The SMILES string of the molecule is CCN(C(=O)CN1CCN(c2nccs2)CC1)c1ccccc1. The maximum atomic E-state index is 12.6. The van der Waals surface area contributed by atoms with Crippen molar-refractivity contribution in [1.82, 2.24) is 9.88 Å². The fourth-order valence-corrected chi connectivity index (χ4v) is 3.55. The molecule has 1 fully saturated rings. The monoisotopic (exact) mass is 330 g/mol. The standard InChI is InChI=1S/C17H22N4OS/c1-2-21(15-6-4-3-5-7-15)16(22)14-19-9-11-20(12-10-19)17-18-8-13-23-17/h3-8,13H,2,9-12,14H2,1H3. The average Bonchev–Trinajstić information content (AvgIpc) is 3.12. The molecule has 0 unspecified atom stereocenters. The molecule has 23 heavy (non-hydrogen) atoms. The average molecular weight is 330 g/mol. The fourth-order valence-electron chi connectivity index (χ4n) is 2.86. The van der Waals surface area contributed by atoms with Crippen LogP contribution in [-0.2, 0) is 4.79 Å². The lowest BCUT2D eigenvalue weighted by molar-refractivity contribution is -0.119. The lowest BCUT2D eigenvalue weighted by Crippen LogP contribution is -2.50. The maximum Gasteiger partial charge on any atom is 0.241 e. The van der Waals surface area contributed by atoms with Crippen LogP contribution in [0.5, 0.6) is 0 Å². The number of rotatable bonds is 5. The first-order valence-electron chi connectivity index (χ1n) is 8.00. The van der Waals surface area contributed by atoms with Crippen molar-refractivity contribution in [2.45, 2.75) is 6.92 Å². The molecule has 2 aromatic rings. The molecule has 0 atom stereocenters. The summed E-state index contributed by atoms with van der Waals surface area (Å²) in [5, 5.41) is 3.08. The summed E-state index contributed by atoms with van der Waals surface area (Å²) in [7, 11) is 0. The van der Waals surface area contributed by atoms with Gasteiger partial charge in [0.1, 0.15) is 0 Å². The quantitative estimate of drug-likeness (QED) is 0.843. The maximum absolute atomic E-state index is 12.6. The van der Waals surface area contributed by atoms with E-state index in [4.69, 9.17) is 0 Å². The Hall–Kier alpha value is -1.92. The largest absolute Gasteiger partial charge is 0.346 e. The molecule has 1 aliphatic heterocycles. The first kappa shape index (κ1) is 16.0. The third kappa shape index (κ3) is 3.89. The molecule has 1 aliphatic rings. The van der Waals surface area contributed by atoms with Gasteiger partial charge in [-0.2, -0.15) is 0 Å². The predicted octanol–water partition coefficient (Wildman–Crippen LogP) is 2.32. The highest BCUT2D eigenvalue weighted by Gasteiger charge is 2.22. The van der Waals surface area contributed by atoms with Crippen LogP contribution in [0.2, 0.25) is 0 Å². The number of aromatic nitrogens is 1. The van der Waals surface area contributed by atoms with Crippen molar-refractivity contribution >= 4 is 28.1 Å². The summed E-state index contributed by atoms with van der Waals surface area (Å²) in [5.41, 5.74) is 0.974. The van der Waals surface area contributed by atoms with Gasteiger partial charge in [0.2, 0.25) is 5.91 Å². The van der Waals surface area contributed by atoms with Crippen LogP contribution in [0, 0.1) is 0 Å². The van der Waals surface area contributed by atoms with Crippen LogP contribution in [0.4, 0.5) is 10.8 Å². The number of likely N-dealkylation sites (N-methyl/N-ethyl adjacent to an activating group) is 1. The molecule has 0 aliphatic carbocycles. The fraction of sp³-hybridized carbons (Fsp3) is 0.412. The molecule has 2 heterocycles. The first-order chi connectivity index (χ1) is 11.3. The van der Waals surface area contributed by atoms with E-state index in [1.807, 2.05) is 53.7 Å². The molecule has 1 amide bonds. The molecule has 122 valence electrons. The minimum absolute atomic E-state index is 0.168. The van der Waals surface area contributed by atoms with Gasteiger partial charge in [0.25, 0.3) is 0 Å². The molecular formula is C17H22N4OS. The van der Waals surface area contributed by atoms with Crippen molar-refractivity contribution in [2.24, 2.45) is 0 Å². The minimum Gasteiger partial charge on any atom is -0.346 e. The highest BCUT2D eigenvalue weighted by Crippen LogP contribution is 2.19. The van der Waals surface area contributed by atoms with Gasteiger partial charge >= 0.3 is 0 Å². The lowest BCUT2D eigenvalue weighted by atomic mass is 10.2. The number of hydrogen-bond donors (Lipinski definition) is 0. The zero-order valence-electron chi connectivity index (χ0n) is 13.4. The second-order valence-corrected chi connectivity index (χ2v) is 6.42. The lowest BCUT2D eigenvalue weighted by Gasteiger charge is -2.35. The first-order valence-corrected chi connectivity index (χ1v) is 8.88. The summed E-state index contributed by atoms with van der Waals surface area (Å²) in [4.78, 5) is 23.4. The summed E-state index contributed by atoms with van der Waals surface area (Å²) in [6, 6.07) is 9.89. The number of thiazole rings is 1. The minimum atomic E-state index is 0.168. The Morgan fingerprint density at radius 2 is 1.96 bits per heavy atom. The molecular weight excluding hydrogens is 308 g/mol. The molecule has 0 spiro atoms. The summed E-state index contributed by atoms with van der Waals surface area (Å²) in [6.45, 7) is 6.85. The van der Waals surface area contributed by atoms with Crippen LogP contribution < -0.4 is 9.80 Å². The van der Waals surface area contributed by atoms with Crippen LogP contribution in [0.1, 0.15) is 6.92 Å². The molecule has 1 aromatic heterocycles. The van der Waals surface area contributed by atoms with E-state index in [1.54, 1.807) is 11.3 Å². The van der Waals surface area contributed by atoms with Crippen LogP contribution in [-0.4, -0.2) is 55.1 Å². The number of benzene rings is 1. The molecule has 0 saturated carbocycles. The third-order valence-electron chi connectivity index (χ3n) is 4.11. The Kier molecular flexibility index (Phi) is 5.25. The number of hydrogen-bond acceptors (Lipinski definition) is 5. The second-order valence-electron chi connectivity index (χ2n) is 5.55. The Bertz CT molecular complexity index is 609. The summed E-state index contributed by atoms with van der Waals surface area (Å²) < 4.78 is 0. The van der Waals surface area contributed by atoms with Crippen molar-refractivity contribution in [3.63, 3.8) is 0 Å². The Morgan fingerprint density at radius 3 is 2.57 bits per heavy atom. The number of carbonyl (C=O) groups is 1. The molecule has 3 rings (SSSR count). The van der Waals surface area contributed by atoms with Gasteiger partial charge in [-0.25, -0.2) is 4.98 Å². The molecule has 0 bridgehead atoms. The van der Waals surface area contributed by atoms with Crippen molar-refractivity contribution in [2.75, 3.05) is 49.1 Å². The Labute approximate surface area is 141 Å². The van der Waals surface area contributed by atoms with E-state index in [0.29, 0.717) is 13.1 Å². The van der Waals surface area contributed by atoms with Gasteiger partial charge in [-0.05, 0) is 19.1 Å². The van der Waals surface area contributed by atoms with E-state index < -0.39 is 0 Å². The topological polar surface area (TPSA) is 39.7 Å². The van der Waals surface area contributed by atoms with Gasteiger partial charge in [-0.1, -0.05) is 18.2 Å². The van der Waals surface area contributed by atoms with E-state index in [0.717, 1.165) is 37.0 Å². The van der Waals surface area contributed by atoms with Gasteiger partial charge in [-0.3, -0.25) is 9.69 Å². The van der Waals surface area contributed by atoms with Crippen LogP contribution >= 0.6 is 11.3 Å². The van der Waals surface area contributed by atoms with Crippen molar-refractivity contribution < 1.29 is 4.79 Å². The van der Waals surface area contributed by atoms with E-state index in [1.165, 1.54) is 0 Å². The number of anilines is 2. The van der Waals surface area contributed by atoms with Gasteiger partial charge in [-0.15, -0.1) is 11.3 Å². The zero-order valence-corrected chi connectivity index (χ0v) is 14.2. The van der Waals surface area contributed by atoms with Gasteiger partial charge in [0.05, 0.1) is 6.54 Å². The van der Waals surface area contributed by atoms with E-state index in [9.17, 15) is 4.79 Å². The van der Waals surface area contributed by atoms with Crippen LogP contribution in [0.25, 0.3) is 0 Å². The van der Waals surface area contributed by atoms with E-state index in [-0.39, 0.29) is 5.91 Å². The molecule has 0 radical (unpaired) electrons. The molecule has 1 saturated heterocycles. The van der Waals surface area contributed by atoms with E-state index in [2.05, 4.69) is 14.8 Å². The molecule has 5 nitrogen and oxygen atoms in total. The molecule has 0 N–H and O–H groups in total. The number of para-hydroxylation sites is 1. The Balaban J connectivity index is 1.54. The van der Waals surface area contributed by atoms with Gasteiger partial charge in [0, 0.05) is 50.0 Å². The highest BCUT2D eigenvalue weighted by atomic mass is 32.1. The highest BCUT2D eigenvalue weighted by molar-refractivity contribution is 7.13. The summed E-state index contributed by atoms with van der Waals surface area (Å²) in [6.07, 6.45) is 1.84. The number of nitrogens with zero attached hydrogens (tertiary/aromatic N) is 4. The van der Waals surface area contributed by atoms with Crippen molar-refractivity contribution in [1.29, 1.82) is 0 Å². The van der Waals surface area contributed by atoms with Crippen molar-refractivity contribution in [3.8, 4) is 0 Å². The van der Waals surface area contributed by atoms with Crippen LogP contribution in [0.15, 0.2) is 41.9 Å². The smallest absolute Gasteiger partial charge is 0.241 e. The second kappa shape index (κ2) is 7.57.